The molecule has 1 aromatic carbocycles. The quantitative estimate of drug-likeness (QED) is 0.889. The van der Waals surface area contributed by atoms with Gasteiger partial charge in [0.05, 0.1) is 7.11 Å². The average Bonchev–Trinajstić information content (AvgIpc) is 3.11. The van der Waals surface area contributed by atoms with Crippen molar-refractivity contribution in [3.05, 3.63) is 24.3 Å². The lowest BCUT2D eigenvalue weighted by atomic mass is 10.2. The first kappa shape index (κ1) is 13.4. The van der Waals surface area contributed by atoms with Gasteiger partial charge in [0, 0.05) is 25.2 Å². The number of nitrogens with zero attached hydrogens (tertiary/aromatic N) is 1. The van der Waals surface area contributed by atoms with E-state index >= 15 is 0 Å². The Balaban J connectivity index is 1.81. The summed E-state index contributed by atoms with van der Waals surface area (Å²) in [4.78, 5) is 12.3. The van der Waals surface area contributed by atoms with E-state index in [-0.39, 0.29) is 5.92 Å². The van der Waals surface area contributed by atoms with Gasteiger partial charge in [-0.2, -0.15) is 0 Å². The molecule has 108 valence electrons. The van der Waals surface area contributed by atoms with Crippen molar-refractivity contribution >= 4 is 21.6 Å². The SMILES string of the molecule is COc1ccc(NC(=O)[C@]23C[C@@H]2CN(C)S3(=O)=O)cc1. The largest absolute Gasteiger partial charge is 0.497 e. The van der Waals surface area contributed by atoms with Crippen molar-refractivity contribution in [3.8, 4) is 5.75 Å². The number of methoxy groups -OCH3 is 1. The lowest BCUT2D eigenvalue weighted by Gasteiger charge is -2.17. The second-order valence-corrected chi connectivity index (χ2v) is 7.56. The van der Waals surface area contributed by atoms with Crippen molar-refractivity contribution in [2.24, 2.45) is 5.92 Å². The van der Waals surface area contributed by atoms with Gasteiger partial charge in [0.15, 0.2) is 4.75 Å². The Morgan fingerprint density at radius 2 is 2.05 bits per heavy atom. The number of sulfonamides is 1. The van der Waals surface area contributed by atoms with E-state index in [2.05, 4.69) is 5.32 Å². The summed E-state index contributed by atoms with van der Waals surface area (Å²) in [5.41, 5.74) is 0.570. The molecule has 1 aliphatic carbocycles. The van der Waals surface area contributed by atoms with Crippen LogP contribution in [0, 0.1) is 5.92 Å². The number of fused-ring (bicyclic) bond motifs is 1. The molecule has 0 spiro atoms. The van der Waals surface area contributed by atoms with Crippen LogP contribution in [0.5, 0.6) is 5.75 Å². The molecule has 0 bridgehead atoms. The van der Waals surface area contributed by atoms with Gasteiger partial charge < -0.3 is 10.1 Å². The number of anilines is 1. The Labute approximate surface area is 117 Å². The van der Waals surface area contributed by atoms with E-state index in [1.807, 2.05) is 0 Å². The summed E-state index contributed by atoms with van der Waals surface area (Å²) >= 11 is 0. The molecule has 0 unspecified atom stereocenters. The molecule has 1 N–H and O–H groups in total. The molecule has 1 heterocycles. The van der Waals surface area contributed by atoms with Gasteiger partial charge in [-0.1, -0.05) is 0 Å². The van der Waals surface area contributed by atoms with E-state index in [1.54, 1.807) is 31.4 Å². The summed E-state index contributed by atoms with van der Waals surface area (Å²) < 4.78 is 29.5. The van der Waals surface area contributed by atoms with E-state index in [1.165, 1.54) is 11.4 Å². The van der Waals surface area contributed by atoms with E-state index in [9.17, 15) is 13.2 Å². The number of carbonyl (C=O) groups excluding carboxylic acids is 1. The van der Waals surface area contributed by atoms with Crippen molar-refractivity contribution < 1.29 is 17.9 Å². The molecule has 20 heavy (non-hydrogen) atoms. The maximum atomic E-state index is 12.3. The molecule has 0 aromatic heterocycles. The Hall–Kier alpha value is -1.60. The number of carbonyl (C=O) groups is 1. The Morgan fingerprint density at radius 3 is 2.55 bits per heavy atom. The number of benzene rings is 1. The molecule has 2 atom stereocenters. The molecule has 1 amide bonds. The van der Waals surface area contributed by atoms with Crippen molar-refractivity contribution in [3.63, 3.8) is 0 Å². The first-order chi connectivity index (χ1) is 9.41. The van der Waals surface area contributed by atoms with Crippen molar-refractivity contribution in [1.82, 2.24) is 4.31 Å². The van der Waals surface area contributed by atoms with E-state index in [0.717, 1.165) is 0 Å². The van der Waals surface area contributed by atoms with Crippen LogP contribution in [-0.2, 0) is 14.8 Å². The van der Waals surface area contributed by atoms with E-state index in [0.29, 0.717) is 24.4 Å². The Kier molecular flexibility index (Phi) is 2.81. The van der Waals surface area contributed by atoms with E-state index < -0.39 is 20.7 Å². The fraction of sp³-hybridized carbons (Fsp3) is 0.462. The molecule has 0 radical (unpaired) electrons. The molecule has 1 saturated carbocycles. The number of rotatable bonds is 3. The summed E-state index contributed by atoms with van der Waals surface area (Å²) in [6.45, 7) is 0.429. The van der Waals surface area contributed by atoms with Gasteiger partial charge in [0.1, 0.15) is 5.75 Å². The molecule has 2 fully saturated rings. The van der Waals surface area contributed by atoms with Crippen LogP contribution in [0.15, 0.2) is 24.3 Å². The Bertz CT molecular complexity index is 655. The molecular weight excluding hydrogens is 280 g/mol. The molecule has 1 saturated heterocycles. The first-order valence-electron chi connectivity index (χ1n) is 6.33. The number of nitrogens with one attached hydrogen (secondary N) is 1. The third-order valence-electron chi connectivity index (χ3n) is 4.13. The van der Waals surface area contributed by atoms with Crippen LogP contribution in [0.2, 0.25) is 0 Å². The average molecular weight is 296 g/mol. The topological polar surface area (TPSA) is 75.7 Å². The molecule has 1 aromatic rings. The van der Waals surface area contributed by atoms with Crippen LogP contribution in [0.4, 0.5) is 5.69 Å². The number of hydrogen-bond acceptors (Lipinski definition) is 4. The summed E-state index contributed by atoms with van der Waals surface area (Å²) in [7, 11) is -0.451. The predicted octanol–water partition coefficient (Wildman–Crippen LogP) is 0.668. The number of amides is 1. The highest BCUT2D eigenvalue weighted by atomic mass is 32.2. The van der Waals surface area contributed by atoms with Crippen molar-refractivity contribution in [1.29, 1.82) is 0 Å². The Morgan fingerprint density at radius 1 is 1.40 bits per heavy atom. The standard InChI is InChI=1S/C13H16N2O4S/c1-15-8-9-7-13(9,20(15,17)18)12(16)14-10-3-5-11(19-2)6-4-10/h3-6,9H,7-8H2,1-2H3,(H,14,16)/t9-,13+/m1/s1. The minimum Gasteiger partial charge on any atom is -0.497 e. The van der Waals surface area contributed by atoms with Crippen LogP contribution in [0.3, 0.4) is 0 Å². The first-order valence-corrected chi connectivity index (χ1v) is 7.77. The minimum absolute atomic E-state index is 0.0873. The molecule has 7 heteroatoms. The number of ether oxygens (including phenoxy) is 1. The summed E-state index contributed by atoms with van der Waals surface area (Å²) in [6.07, 6.45) is 0.418. The number of hydrogen-bond donors (Lipinski definition) is 1. The van der Waals surface area contributed by atoms with Gasteiger partial charge >= 0.3 is 0 Å². The van der Waals surface area contributed by atoms with Crippen molar-refractivity contribution in [2.45, 2.75) is 11.2 Å². The monoisotopic (exact) mass is 296 g/mol. The lowest BCUT2D eigenvalue weighted by Crippen LogP contribution is -2.40. The smallest absolute Gasteiger partial charge is 0.247 e. The summed E-state index contributed by atoms with van der Waals surface area (Å²) in [6, 6.07) is 6.81. The fourth-order valence-electron chi connectivity index (χ4n) is 2.83. The molecular formula is C13H16N2O4S. The maximum absolute atomic E-state index is 12.3. The highest BCUT2D eigenvalue weighted by molar-refractivity contribution is 7.92. The summed E-state index contributed by atoms with van der Waals surface area (Å²) in [5, 5.41) is 2.69. The highest BCUT2D eigenvalue weighted by Gasteiger charge is 2.74. The molecule has 1 aliphatic heterocycles. The van der Waals surface area contributed by atoms with Crippen LogP contribution in [0.1, 0.15) is 6.42 Å². The predicted molar refractivity (Wildman–Crippen MR) is 74.0 cm³/mol. The van der Waals surface area contributed by atoms with Gasteiger partial charge in [-0.05, 0) is 30.7 Å². The zero-order valence-electron chi connectivity index (χ0n) is 11.3. The minimum atomic E-state index is -3.53. The van der Waals surface area contributed by atoms with E-state index in [4.69, 9.17) is 4.74 Å². The van der Waals surface area contributed by atoms with Gasteiger partial charge in [-0.15, -0.1) is 0 Å². The molecule has 2 aliphatic rings. The van der Waals surface area contributed by atoms with Gasteiger partial charge in [0.2, 0.25) is 15.9 Å². The van der Waals surface area contributed by atoms with Crippen LogP contribution < -0.4 is 10.1 Å². The van der Waals surface area contributed by atoms with Gasteiger partial charge in [-0.25, -0.2) is 12.7 Å². The maximum Gasteiger partial charge on any atom is 0.247 e. The third-order valence-corrected chi connectivity index (χ3v) is 6.71. The third kappa shape index (κ3) is 1.66. The molecule has 6 nitrogen and oxygen atoms in total. The van der Waals surface area contributed by atoms with Gasteiger partial charge in [-0.3, -0.25) is 4.79 Å². The zero-order chi connectivity index (χ0) is 14.5. The van der Waals surface area contributed by atoms with Crippen molar-refractivity contribution in [2.75, 3.05) is 26.0 Å². The highest BCUT2D eigenvalue weighted by Crippen LogP contribution is 2.57. The summed E-state index contributed by atoms with van der Waals surface area (Å²) in [5.74, 6) is 0.159. The second-order valence-electron chi connectivity index (χ2n) is 5.26. The van der Waals surface area contributed by atoms with Crippen LogP contribution in [0.25, 0.3) is 0 Å². The normalized spacial score (nSPS) is 30.6. The lowest BCUT2D eigenvalue weighted by molar-refractivity contribution is -0.116. The van der Waals surface area contributed by atoms with Crippen LogP contribution >= 0.6 is 0 Å². The fourth-order valence-corrected chi connectivity index (χ4v) is 4.95. The molecule has 3 rings (SSSR count). The van der Waals surface area contributed by atoms with Crippen LogP contribution in [-0.4, -0.2) is 44.1 Å². The zero-order valence-corrected chi connectivity index (χ0v) is 12.1. The second kappa shape index (κ2) is 4.20. The van der Waals surface area contributed by atoms with Gasteiger partial charge in [0.25, 0.3) is 0 Å².